The summed E-state index contributed by atoms with van der Waals surface area (Å²) in [5, 5.41) is 18.3. The molecule has 4 nitrogen and oxygen atoms in total. The van der Waals surface area contributed by atoms with E-state index in [1.165, 1.54) is 0 Å². The molecule has 0 aliphatic carbocycles. The number of carbonyl (C=O) groups is 1. The van der Waals surface area contributed by atoms with Gasteiger partial charge < -0.3 is 15.9 Å². The maximum Gasteiger partial charge on any atom is 0.325 e. The Kier molecular flexibility index (Phi) is 2.76. The van der Waals surface area contributed by atoms with Crippen LogP contribution in [0.2, 0.25) is 0 Å². The molecule has 0 radical (unpaired) electrons. The van der Waals surface area contributed by atoms with E-state index in [0.29, 0.717) is 5.56 Å². The van der Waals surface area contributed by atoms with Gasteiger partial charge in [-0.05, 0) is 19.4 Å². The van der Waals surface area contributed by atoms with E-state index in [0.717, 1.165) is 5.56 Å². The van der Waals surface area contributed by atoms with E-state index in [-0.39, 0.29) is 11.3 Å². The zero-order valence-corrected chi connectivity index (χ0v) is 8.11. The van der Waals surface area contributed by atoms with Crippen molar-refractivity contribution in [1.82, 2.24) is 0 Å². The van der Waals surface area contributed by atoms with Crippen LogP contribution in [0.5, 0.6) is 5.75 Å². The number of phenolic OH excluding ortho intramolecular Hbond substituents is 1. The molecule has 0 aromatic heterocycles. The van der Waals surface area contributed by atoms with E-state index in [1.54, 1.807) is 19.1 Å². The first kappa shape index (κ1) is 10.5. The Labute approximate surface area is 82.0 Å². The highest BCUT2D eigenvalue weighted by Crippen LogP contribution is 2.27. The molecule has 0 heterocycles. The van der Waals surface area contributed by atoms with Gasteiger partial charge in [0.1, 0.15) is 11.8 Å². The molecule has 1 aromatic rings. The van der Waals surface area contributed by atoms with Gasteiger partial charge in [-0.3, -0.25) is 4.79 Å². The molecule has 0 saturated heterocycles. The monoisotopic (exact) mass is 195 g/mol. The van der Waals surface area contributed by atoms with Crippen molar-refractivity contribution in [1.29, 1.82) is 0 Å². The first-order valence-corrected chi connectivity index (χ1v) is 4.22. The van der Waals surface area contributed by atoms with E-state index in [4.69, 9.17) is 10.8 Å². The highest BCUT2D eigenvalue weighted by Gasteiger charge is 2.19. The molecule has 0 unspecified atom stereocenters. The van der Waals surface area contributed by atoms with Crippen molar-refractivity contribution >= 4 is 5.97 Å². The molecule has 1 rings (SSSR count). The largest absolute Gasteiger partial charge is 0.507 e. The van der Waals surface area contributed by atoms with Crippen LogP contribution in [0.25, 0.3) is 0 Å². The molecule has 0 bridgehead atoms. The minimum atomic E-state index is -1.17. The Hall–Kier alpha value is -1.55. The Bertz CT molecular complexity index is 374. The van der Waals surface area contributed by atoms with Gasteiger partial charge in [0.05, 0.1) is 0 Å². The average molecular weight is 195 g/mol. The lowest BCUT2D eigenvalue weighted by Crippen LogP contribution is -2.21. The Morgan fingerprint density at radius 1 is 1.43 bits per heavy atom. The van der Waals surface area contributed by atoms with Crippen molar-refractivity contribution in [3.63, 3.8) is 0 Å². The fourth-order valence-electron chi connectivity index (χ4n) is 1.36. The van der Waals surface area contributed by atoms with Crippen LogP contribution in [0.1, 0.15) is 22.7 Å². The molecule has 4 heteroatoms. The summed E-state index contributed by atoms with van der Waals surface area (Å²) in [5.74, 6) is -1.18. The quantitative estimate of drug-likeness (QED) is 0.659. The van der Waals surface area contributed by atoms with Crippen LogP contribution in [0.4, 0.5) is 0 Å². The van der Waals surface area contributed by atoms with Crippen molar-refractivity contribution in [2.45, 2.75) is 19.9 Å². The third-order valence-corrected chi connectivity index (χ3v) is 2.08. The topological polar surface area (TPSA) is 83.5 Å². The fourth-order valence-corrected chi connectivity index (χ4v) is 1.36. The number of benzene rings is 1. The fraction of sp³-hybridized carbons (Fsp3) is 0.300. The molecule has 0 aliphatic heterocycles. The number of nitrogens with two attached hydrogens (primary N) is 1. The average Bonchev–Trinajstić information content (AvgIpc) is 2.09. The highest BCUT2D eigenvalue weighted by molar-refractivity contribution is 5.76. The summed E-state index contributed by atoms with van der Waals surface area (Å²) >= 11 is 0. The summed E-state index contributed by atoms with van der Waals surface area (Å²) in [5.41, 5.74) is 7.19. The molecule has 0 fully saturated rings. The molecular formula is C10H13NO3. The second kappa shape index (κ2) is 3.67. The van der Waals surface area contributed by atoms with Gasteiger partial charge in [-0.2, -0.15) is 0 Å². The molecule has 4 N–H and O–H groups in total. The van der Waals surface area contributed by atoms with Crippen LogP contribution >= 0.6 is 0 Å². The second-order valence-corrected chi connectivity index (χ2v) is 3.34. The maximum atomic E-state index is 10.6. The second-order valence-electron chi connectivity index (χ2n) is 3.34. The van der Waals surface area contributed by atoms with Crippen LogP contribution in [0.3, 0.4) is 0 Å². The molecule has 0 spiro atoms. The van der Waals surface area contributed by atoms with Crippen LogP contribution < -0.4 is 5.73 Å². The number of rotatable bonds is 2. The first-order chi connectivity index (χ1) is 6.43. The summed E-state index contributed by atoms with van der Waals surface area (Å²) in [4.78, 5) is 10.6. The van der Waals surface area contributed by atoms with Crippen molar-refractivity contribution in [2.24, 2.45) is 5.73 Å². The molecule has 0 aliphatic rings. The Balaban J connectivity index is 3.26. The van der Waals surface area contributed by atoms with E-state index < -0.39 is 12.0 Å². The highest BCUT2D eigenvalue weighted by atomic mass is 16.4. The van der Waals surface area contributed by atoms with E-state index in [1.807, 2.05) is 6.92 Å². The van der Waals surface area contributed by atoms with Gasteiger partial charge in [0.2, 0.25) is 0 Å². The van der Waals surface area contributed by atoms with Crippen molar-refractivity contribution in [3.05, 3.63) is 28.8 Å². The molecular weight excluding hydrogens is 182 g/mol. The first-order valence-electron chi connectivity index (χ1n) is 4.22. The van der Waals surface area contributed by atoms with Gasteiger partial charge in [0, 0.05) is 5.56 Å². The summed E-state index contributed by atoms with van der Waals surface area (Å²) in [6.07, 6.45) is 0. The van der Waals surface area contributed by atoms with E-state index in [9.17, 15) is 9.90 Å². The van der Waals surface area contributed by atoms with Gasteiger partial charge in [-0.15, -0.1) is 0 Å². The van der Waals surface area contributed by atoms with E-state index in [2.05, 4.69) is 0 Å². The smallest absolute Gasteiger partial charge is 0.325 e. The zero-order chi connectivity index (χ0) is 10.9. The van der Waals surface area contributed by atoms with Gasteiger partial charge in [-0.1, -0.05) is 17.7 Å². The number of carboxylic acids is 1. The van der Waals surface area contributed by atoms with Crippen molar-refractivity contribution in [3.8, 4) is 5.75 Å². The molecule has 76 valence electrons. The number of aryl methyl sites for hydroxylation is 2. The number of aromatic hydroxyl groups is 1. The van der Waals surface area contributed by atoms with Crippen LogP contribution in [-0.2, 0) is 4.79 Å². The third kappa shape index (κ3) is 1.85. The van der Waals surface area contributed by atoms with Gasteiger partial charge in [0.25, 0.3) is 0 Å². The minimum Gasteiger partial charge on any atom is -0.507 e. The predicted molar refractivity (Wildman–Crippen MR) is 52.1 cm³/mol. The summed E-state index contributed by atoms with van der Waals surface area (Å²) in [7, 11) is 0. The summed E-state index contributed by atoms with van der Waals surface area (Å²) in [6, 6.07) is 2.18. The molecule has 14 heavy (non-hydrogen) atoms. The maximum absolute atomic E-state index is 10.6. The number of aliphatic carboxylic acids is 1. The molecule has 0 amide bonds. The summed E-state index contributed by atoms with van der Waals surface area (Å²) in [6.45, 7) is 3.53. The summed E-state index contributed by atoms with van der Waals surface area (Å²) < 4.78 is 0. The zero-order valence-electron chi connectivity index (χ0n) is 8.11. The lowest BCUT2D eigenvalue weighted by atomic mass is 10.0. The van der Waals surface area contributed by atoms with Crippen LogP contribution in [-0.4, -0.2) is 16.2 Å². The van der Waals surface area contributed by atoms with Crippen molar-refractivity contribution in [2.75, 3.05) is 0 Å². The number of hydrogen-bond donors (Lipinski definition) is 3. The molecule has 1 aromatic carbocycles. The lowest BCUT2D eigenvalue weighted by Gasteiger charge is -2.12. The standard InChI is InChI=1S/C10H13NO3/c1-5-3-6(2)9(12)7(4-5)8(11)10(13)14/h3-4,8,12H,11H2,1-2H3,(H,13,14)/t8-/m0/s1. The van der Waals surface area contributed by atoms with Gasteiger partial charge in [0.15, 0.2) is 0 Å². The van der Waals surface area contributed by atoms with E-state index >= 15 is 0 Å². The Morgan fingerprint density at radius 2 is 2.00 bits per heavy atom. The van der Waals surface area contributed by atoms with Gasteiger partial charge in [-0.25, -0.2) is 0 Å². The van der Waals surface area contributed by atoms with Crippen LogP contribution in [0, 0.1) is 13.8 Å². The predicted octanol–water partition coefficient (Wildman–Crippen LogP) is 1.09. The third-order valence-electron chi connectivity index (χ3n) is 2.08. The minimum absolute atomic E-state index is 0.0366. The number of phenols is 1. The molecule has 0 saturated carbocycles. The van der Waals surface area contributed by atoms with Gasteiger partial charge >= 0.3 is 5.97 Å². The number of carboxylic acid groups (broad SMARTS) is 1. The lowest BCUT2D eigenvalue weighted by molar-refractivity contribution is -0.138. The van der Waals surface area contributed by atoms with Crippen LogP contribution in [0.15, 0.2) is 12.1 Å². The molecule has 1 atom stereocenters. The SMILES string of the molecule is Cc1cc(C)c(O)c([C@H](N)C(=O)O)c1. The normalized spacial score (nSPS) is 12.5. The van der Waals surface area contributed by atoms with Crippen molar-refractivity contribution < 1.29 is 15.0 Å². The number of hydrogen-bond acceptors (Lipinski definition) is 3. The Morgan fingerprint density at radius 3 is 2.50 bits per heavy atom.